The zero-order valence-electron chi connectivity index (χ0n) is 47.8. The number of esters is 1. The van der Waals surface area contributed by atoms with Crippen molar-refractivity contribution in [2.45, 2.75) is 227 Å². The average molecular weight is 1110 g/mol. The number of hydrogen-bond acceptors (Lipinski definition) is 15. The molecule has 1 heterocycles. The number of aliphatic hydroxyl groups excluding tert-OH is 3. The lowest BCUT2D eigenvalue weighted by molar-refractivity contribution is -0.157. The number of amides is 9. The van der Waals surface area contributed by atoms with E-state index in [4.69, 9.17) is 4.74 Å². The molecule has 0 saturated carbocycles. The molecule has 0 spiro atoms. The zero-order valence-corrected chi connectivity index (χ0v) is 47.8. The number of aliphatic carboxylic acids is 1. The molecule has 3 unspecified atom stereocenters. The van der Waals surface area contributed by atoms with Crippen LogP contribution in [0.25, 0.3) is 0 Å². The maximum atomic E-state index is 14.6. The van der Waals surface area contributed by atoms with Gasteiger partial charge in [0.1, 0.15) is 60.5 Å². The van der Waals surface area contributed by atoms with E-state index < -0.39 is 170 Å². The van der Waals surface area contributed by atoms with Crippen LogP contribution in [0, 0.1) is 29.6 Å². The SMILES string of the molecule is CCCCCCC[C@@H](O)CC(=O)N[C@@H](CC(C)C)C(=O)N[C@H](CCC(=O)O)C(=O)NC1C(=O)NC(C(C)C)C(=O)N[C@@H](CC(C)C)C(=O)N[C@H](CO)C(=O)N[C@@H](CC(C)C)C(=O)N[C@H](CO)C(=O)NC(C(C)C)C(=O)O[C@@H]1C. The molecule has 25 heteroatoms. The predicted octanol–water partition coefficient (Wildman–Crippen LogP) is -0.294. The lowest BCUT2D eigenvalue weighted by Crippen LogP contribution is -2.63. The Morgan fingerprint density at radius 1 is 0.564 bits per heavy atom. The minimum Gasteiger partial charge on any atom is -0.481 e. The van der Waals surface area contributed by atoms with Crippen LogP contribution in [0.15, 0.2) is 0 Å². The maximum Gasteiger partial charge on any atom is 0.329 e. The Labute approximate surface area is 459 Å². The summed E-state index contributed by atoms with van der Waals surface area (Å²) < 4.78 is 5.76. The van der Waals surface area contributed by atoms with Gasteiger partial charge in [-0.05, 0) is 68.6 Å². The van der Waals surface area contributed by atoms with Gasteiger partial charge in [0.15, 0.2) is 0 Å². The third-order valence-electron chi connectivity index (χ3n) is 12.8. The van der Waals surface area contributed by atoms with Crippen LogP contribution in [-0.2, 0) is 57.5 Å². The Morgan fingerprint density at radius 2 is 1.04 bits per heavy atom. The summed E-state index contributed by atoms with van der Waals surface area (Å²) in [5.74, 6) is -13.5. The van der Waals surface area contributed by atoms with Gasteiger partial charge in [-0.15, -0.1) is 0 Å². The van der Waals surface area contributed by atoms with E-state index in [1.165, 1.54) is 20.8 Å². The molecule has 1 saturated heterocycles. The largest absolute Gasteiger partial charge is 0.481 e. The fourth-order valence-electron chi connectivity index (χ4n) is 8.44. The fourth-order valence-corrected chi connectivity index (χ4v) is 8.44. The summed E-state index contributed by atoms with van der Waals surface area (Å²) in [5.41, 5.74) is 0. The summed E-state index contributed by atoms with van der Waals surface area (Å²) in [6.07, 6.45) is 0.809. The Hall–Kier alpha value is -5.95. The second kappa shape index (κ2) is 35.5. The molecule has 25 nitrogen and oxygen atoms in total. The van der Waals surface area contributed by atoms with Crippen molar-refractivity contribution in [3.8, 4) is 0 Å². The quantitative estimate of drug-likeness (QED) is 0.0391. The minimum absolute atomic E-state index is 0.0109. The molecule has 0 aromatic rings. The number of ether oxygens (including phenoxy) is 1. The summed E-state index contributed by atoms with van der Waals surface area (Å²) in [6, 6.07) is -14.1. The smallest absolute Gasteiger partial charge is 0.329 e. The molecule has 11 atom stereocenters. The number of carbonyl (C=O) groups excluding carboxylic acids is 10. The zero-order chi connectivity index (χ0) is 59.6. The number of rotatable bonds is 26. The average Bonchev–Trinajstić information content (AvgIpc) is 3.33. The summed E-state index contributed by atoms with van der Waals surface area (Å²) in [6.45, 7) is 18.0. The Balaban J connectivity index is 3.95. The molecular weight excluding hydrogens is 1020 g/mol. The second-order valence-electron chi connectivity index (χ2n) is 22.3. The van der Waals surface area contributed by atoms with E-state index in [9.17, 15) is 73.2 Å². The first-order valence-electron chi connectivity index (χ1n) is 27.5. The monoisotopic (exact) mass is 1110 g/mol. The highest BCUT2D eigenvalue weighted by atomic mass is 16.5. The molecule has 0 aromatic heterocycles. The van der Waals surface area contributed by atoms with Crippen LogP contribution >= 0.6 is 0 Å². The minimum atomic E-state index is -1.95. The Kier molecular flexibility index (Phi) is 31.9. The highest BCUT2D eigenvalue weighted by Gasteiger charge is 2.40. The van der Waals surface area contributed by atoms with Crippen molar-refractivity contribution in [1.82, 2.24) is 47.9 Å². The van der Waals surface area contributed by atoms with Crippen molar-refractivity contribution < 1.29 is 77.9 Å². The second-order valence-corrected chi connectivity index (χ2v) is 22.3. The molecule has 446 valence electrons. The predicted molar refractivity (Wildman–Crippen MR) is 286 cm³/mol. The number of nitrogens with one attached hydrogen (secondary N) is 9. The molecule has 0 radical (unpaired) electrons. The van der Waals surface area contributed by atoms with Crippen LogP contribution in [0.5, 0.6) is 0 Å². The van der Waals surface area contributed by atoms with Crippen molar-refractivity contribution in [3.05, 3.63) is 0 Å². The van der Waals surface area contributed by atoms with Gasteiger partial charge in [-0.1, -0.05) is 108 Å². The standard InChI is InChI=1S/C53H93N9O16/c1-13-14-15-16-17-18-33(65)24-40(66)54-35(21-27(2)3)46(70)55-34(19-20-41(67)68)45(69)62-44-32(12)78-53(77)43(31(10)11)61-50(74)39(26-64)59-47(71)36(22-28(4)5)56-49(73)38(25-63)58-48(72)37(23-29(6)7)57-51(75)42(30(8)9)60-52(44)76/h27-39,42-44,63-65H,13-26H2,1-12H3,(H,54,66)(H,55,70)(H,56,73)(H,57,75)(H,58,72)(H,59,71)(H,60,76)(H,61,74)(H,62,69)(H,67,68)/t32-,33-,34-,35+,36+,37+,38-,39-,42?,43?,44?/m1/s1. The maximum absolute atomic E-state index is 14.6. The number of unbranched alkanes of at least 4 members (excludes halogenated alkanes) is 4. The molecule has 0 aliphatic carbocycles. The summed E-state index contributed by atoms with van der Waals surface area (Å²) in [7, 11) is 0. The van der Waals surface area contributed by atoms with E-state index in [0.29, 0.717) is 12.8 Å². The van der Waals surface area contributed by atoms with Gasteiger partial charge in [0.25, 0.3) is 0 Å². The highest BCUT2D eigenvalue weighted by molar-refractivity contribution is 5.99. The van der Waals surface area contributed by atoms with Gasteiger partial charge in [0, 0.05) is 6.42 Å². The third kappa shape index (κ3) is 25.7. The highest BCUT2D eigenvalue weighted by Crippen LogP contribution is 2.16. The van der Waals surface area contributed by atoms with Gasteiger partial charge in [0.2, 0.25) is 53.2 Å². The topological polar surface area (TPSA) is 386 Å². The summed E-state index contributed by atoms with van der Waals surface area (Å²) >= 11 is 0. The van der Waals surface area contributed by atoms with Gasteiger partial charge < -0.3 is 73.0 Å². The number of cyclic esters (lactones) is 1. The summed E-state index contributed by atoms with van der Waals surface area (Å²) in [4.78, 5) is 151. The van der Waals surface area contributed by atoms with E-state index >= 15 is 0 Å². The number of hydrogen-bond donors (Lipinski definition) is 13. The van der Waals surface area contributed by atoms with Crippen LogP contribution in [0.1, 0.15) is 160 Å². The van der Waals surface area contributed by atoms with Crippen LogP contribution in [0.3, 0.4) is 0 Å². The van der Waals surface area contributed by atoms with Crippen molar-refractivity contribution in [2.75, 3.05) is 13.2 Å². The van der Waals surface area contributed by atoms with Crippen LogP contribution in [0.2, 0.25) is 0 Å². The molecule has 1 fully saturated rings. The molecule has 1 aliphatic rings. The number of carboxylic acid groups (broad SMARTS) is 1. The van der Waals surface area contributed by atoms with Crippen molar-refractivity contribution in [3.63, 3.8) is 0 Å². The van der Waals surface area contributed by atoms with Crippen molar-refractivity contribution >= 4 is 65.1 Å². The molecular formula is C53H93N9O16. The first-order chi connectivity index (χ1) is 36.4. The van der Waals surface area contributed by atoms with Gasteiger partial charge in [0.05, 0.1) is 25.7 Å². The Morgan fingerprint density at radius 3 is 1.51 bits per heavy atom. The molecule has 9 amide bonds. The van der Waals surface area contributed by atoms with Gasteiger partial charge in [-0.3, -0.25) is 47.9 Å². The molecule has 0 aromatic carbocycles. The fraction of sp³-hybridized carbons (Fsp3) is 0.792. The van der Waals surface area contributed by atoms with Crippen LogP contribution in [0.4, 0.5) is 0 Å². The number of carbonyl (C=O) groups is 11. The Bertz CT molecular complexity index is 2000. The molecule has 13 N–H and O–H groups in total. The van der Waals surface area contributed by atoms with Gasteiger partial charge in [-0.2, -0.15) is 0 Å². The first-order valence-corrected chi connectivity index (χ1v) is 27.5. The van der Waals surface area contributed by atoms with Gasteiger partial charge in [-0.25, -0.2) is 4.79 Å². The molecule has 0 bridgehead atoms. The number of carboxylic acids is 1. The van der Waals surface area contributed by atoms with Crippen LogP contribution in [-0.4, -0.2) is 165 Å². The van der Waals surface area contributed by atoms with Gasteiger partial charge >= 0.3 is 11.9 Å². The van der Waals surface area contributed by atoms with E-state index in [0.717, 1.165) is 25.7 Å². The molecule has 1 aliphatic heterocycles. The molecule has 1 rings (SSSR count). The third-order valence-corrected chi connectivity index (χ3v) is 12.8. The van der Waals surface area contributed by atoms with Crippen molar-refractivity contribution in [1.29, 1.82) is 0 Å². The van der Waals surface area contributed by atoms with Crippen LogP contribution < -0.4 is 47.9 Å². The molecule has 78 heavy (non-hydrogen) atoms. The van der Waals surface area contributed by atoms with E-state index in [1.54, 1.807) is 55.4 Å². The van der Waals surface area contributed by atoms with E-state index in [2.05, 4.69) is 54.8 Å². The van der Waals surface area contributed by atoms with E-state index in [1.807, 2.05) is 0 Å². The lowest BCUT2D eigenvalue weighted by Gasteiger charge is -2.32. The first kappa shape index (κ1) is 70.1. The lowest BCUT2D eigenvalue weighted by atomic mass is 9.98. The number of aliphatic hydroxyl groups is 3. The normalized spacial score (nSPS) is 23.8. The van der Waals surface area contributed by atoms with Crippen molar-refractivity contribution in [2.24, 2.45) is 29.6 Å². The summed E-state index contributed by atoms with van der Waals surface area (Å²) in [5, 5.41) is 63.3. The van der Waals surface area contributed by atoms with E-state index in [-0.39, 0.29) is 43.4 Å².